The first-order valence-electron chi connectivity index (χ1n) is 8.59. The van der Waals surface area contributed by atoms with E-state index in [9.17, 15) is 32.5 Å². The van der Waals surface area contributed by atoms with Gasteiger partial charge in [-0.05, 0) is 53.7 Å². The van der Waals surface area contributed by atoms with Crippen molar-refractivity contribution >= 4 is 29.0 Å². The maximum absolute atomic E-state index is 13.4. The average molecular weight is 472 g/mol. The Morgan fingerprint density at radius 3 is 2.56 bits per heavy atom. The van der Waals surface area contributed by atoms with E-state index in [1.54, 1.807) is 0 Å². The number of carbonyl (C=O) groups is 1. The highest BCUT2D eigenvalue weighted by atomic mass is 32.2. The maximum atomic E-state index is 13.4. The van der Waals surface area contributed by atoms with Crippen molar-refractivity contribution in [3.8, 4) is 11.4 Å². The summed E-state index contributed by atoms with van der Waals surface area (Å²) < 4.78 is 55.3. The third-order valence-corrected chi connectivity index (χ3v) is 4.85. The molecule has 168 valence electrons. The smallest absolute Gasteiger partial charge is 0.406 e. The summed E-state index contributed by atoms with van der Waals surface area (Å²) in [5.74, 6) is -2.04. The molecule has 15 heteroatoms. The molecule has 1 atom stereocenters. The van der Waals surface area contributed by atoms with Crippen molar-refractivity contribution < 1.29 is 32.0 Å². The number of aromatic nitrogens is 4. The molecule has 1 N–H and O–H groups in total. The Morgan fingerprint density at radius 2 is 1.94 bits per heavy atom. The molecule has 3 aromatic rings. The summed E-state index contributed by atoms with van der Waals surface area (Å²) in [6.07, 6.45) is -4.83. The van der Waals surface area contributed by atoms with E-state index in [0.717, 1.165) is 36.0 Å². The van der Waals surface area contributed by atoms with E-state index in [1.165, 1.54) is 29.8 Å². The van der Waals surface area contributed by atoms with Crippen LogP contribution >= 0.6 is 11.8 Å². The summed E-state index contributed by atoms with van der Waals surface area (Å²) in [6, 6.07) is 7.67. The van der Waals surface area contributed by atoms with E-state index in [0.29, 0.717) is 5.69 Å². The quantitative estimate of drug-likeness (QED) is 0.239. The third kappa shape index (κ3) is 5.69. The summed E-state index contributed by atoms with van der Waals surface area (Å²) in [7, 11) is 0. The molecule has 2 aromatic carbocycles. The summed E-state index contributed by atoms with van der Waals surface area (Å²) in [5.41, 5.74) is -0.450. The largest absolute Gasteiger partial charge is 0.573 e. The van der Waals surface area contributed by atoms with E-state index in [2.05, 4.69) is 25.6 Å². The average Bonchev–Trinajstić information content (AvgIpc) is 3.16. The molecule has 0 aliphatic heterocycles. The number of nitrogens with one attached hydrogen (secondary N) is 1. The number of benzene rings is 2. The number of rotatable bonds is 7. The third-order valence-electron chi connectivity index (χ3n) is 3.82. The highest BCUT2D eigenvalue weighted by Crippen LogP contribution is 2.27. The lowest BCUT2D eigenvalue weighted by Gasteiger charge is -2.12. The Kier molecular flexibility index (Phi) is 6.57. The second-order valence-electron chi connectivity index (χ2n) is 6.09. The molecule has 0 saturated carbocycles. The monoisotopic (exact) mass is 472 g/mol. The van der Waals surface area contributed by atoms with Gasteiger partial charge in [0.1, 0.15) is 5.75 Å². The molecule has 0 aliphatic carbocycles. The molecule has 1 aromatic heterocycles. The van der Waals surface area contributed by atoms with Crippen LogP contribution in [0.5, 0.6) is 5.75 Å². The van der Waals surface area contributed by atoms with Crippen molar-refractivity contribution in [2.75, 3.05) is 5.32 Å². The van der Waals surface area contributed by atoms with Crippen LogP contribution in [0.4, 0.5) is 28.9 Å². The van der Waals surface area contributed by atoms with Crippen LogP contribution in [0.25, 0.3) is 5.69 Å². The fourth-order valence-electron chi connectivity index (χ4n) is 2.39. The van der Waals surface area contributed by atoms with Gasteiger partial charge in [0, 0.05) is 11.8 Å². The Morgan fingerprint density at radius 1 is 1.25 bits per heavy atom. The van der Waals surface area contributed by atoms with Gasteiger partial charge in [-0.3, -0.25) is 14.9 Å². The molecule has 1 heterocycles. The van der Waals surface area contributed by atoms with E-state index in [-0.39, 0.29) is 10.8 Å². The van der Waals surface area contributed by atoms with Gasteiger partial charge in [0.15, 0.2) is 0 Å². The van der Waals surface area contributed by atoms with Crippen molar-refractivity contribution in [3.05, 3.63) is 58.4 Å². The van der Waals surface area contributed by atoms with Crippen LogP contribution in [-0.4, -0.2) is 42.7 Å². The van der Waals surface area contributed by atoms with Crippen molar-refractivity contribution in [2.45, 2.75) is 23.7 Å². The standard InChI is InChI=1S/C17H12F4N6O4S/c1-9(15(28)22-10-2-7-13(18)14(8-10)27(29)30)32-16-23-24-25-26(16)11-3-5-12(6-4-11)31-17(19,20)21/h2-9H,1H3,(H,22,28). The first-order valence-corrected chi connectivity index (χ1v) is 9.47. The Hall–Kier alpha value is -3.75. The first kappa shape index (κ1) is 22.9. The Labute approximate surface area is 180 Å². The van der Waals surface area contributed by atoms with Crippen LogP contribution < -0.4 is 10.1 Å². The van der Waals surface area contributed by atoms with Crippen molar-refractivity contribution in [1.82, 2.24) is 20.2 Å². The minimum absolute atomic E-state index is 0.0235. The molecular weight excluding hydrogens is 460 g/mol. The summed E-state index contributed by atoms with van der Waals surface area (Å²) in [5, 5.41) is 23.7. The predicted molar refractivity (Wildman–Crippen MR) is 103 cm³/mol. The summed E-state index contributed by atoms with van der Waals surface area (Å²) in [4.78, 5) is 22.3. The van der Waals surface area contributed by atoms with Gasteiger partial charge in [0.2, 0.25) is 16.9 Å². The number of anilines is 1. The van der Waals surface area contributed by atoms with Gasteiger partial charge in [-0.1, -0.05) is 11.8 Å². The highest BCUT2D eigenvalue weighted by Gasteiger charge is 2.31. The molecule has 0 fully saturated rings. The Bertz CT molecular complexity index is 1140. The minimum atomic E-state index is -4.83. The summed E-state index contributed by atoms with van der Waals surface area (Å²) >= 11 is 0.923. The molecule has 1 amide bonds. The van der Waals surface area contributed by atoms with Crippen molar-refractivity contribution in [2.24, 2.45) is 0 Å². The number of nitro groups is 1. The minimum Gasteiger partial charge on any atom is -0.406 e. The number of halogens is 4. The fraction of sp³-hybridized carbons (Fsp3) is 0.176. The number of ether oxygens (including phenoxy) is 1. The lowest BCUT2D eigenvalue weighted by molar-refractivity contribution is -0.387. The summed E-state index contributed by atoms with van der Waals surface area (Å²) in [6.45, 7) is 1.51. The molecule has 0 bridgehead atoms. The number of alkyl halides is 3. The number of thioether (sulfide) groups is 1. The molecule has 3 rings (SSSR count). The van der Waals surface area contributed by atoms with Crippen LogP contribution in [0.3, 0.4) is 0 Å². The second-order valence-corrected chi connectivity index (χ2v) is 7.40. The van der Waals surface area contributed by atoms with Crippen LogP contribution in [0, 0.1) is 15.9 Å². The number of hydrogen-bond donors (Lipinski definition) is 1. The molecule has 0 aliphatic rings. The SMILES string of the molecule is CC(Sc1nnnn1-c1ccc(OC(F)(F)F)cc1)C(=O)Nc1ccc(F)c([N+](=O)[O-])c1. The molecule has 10 nitrogen and oxygen atoms in total. The zero-order valence-electron chi connectivity index (χ0n) is 15.9. The van der Waals surface area contributed by atoms with Crippen molar-refractivity contribution in [3.63, 3.8) is 0 Å². The van der Waals surface area contributed by atoms with Gasteiger partial charge in [0.25, 0.3) is 0 Å². The highest BCUT2D eigenvalue weighted by molar-refractivity contribution is 8.00. The normalized spacial score (nSPS) is 12.3. The van der Waals surface area contributed by atoms with Crippen LogP contribution in [-0.2, 0) is 4.79 Å². The lowest BCUT2D eigenvalue weighted by atomic mass is 10.2. The van der Waals surface area contributed by atoms with Gasteiger partial charge in [-0.2, -0.15) is 9.07 Å². The fourth-order valence-corrected chi connectivity index (χ4v) is 3.20. The Balaban J connectivity index is 1.70. The lowest BCUT2D eigenvalue weighted by Crippen LogP contribution is -2.23. The number of nitro benzene ring substituents is 1. The van der Waals surface area contributed by atoms with Crippen LogP contribution in [0.1, 0.15) is 6.92 Å². The van der Waals surface area contributed by atoms with E-state index in [4.69, 9.17) is 0 Å². The predicted octanol–water partition coefficient (Wildman–Crippen LogP) is 3.73. The van der Waals surface area contributed by atoms with E-state index in [1.807, 2.05) is 0 Å². The van der Waals surface area contributed by atoms with Crippen molar-refractivity contribution in [1.29, 1.82) is 0 Å². The molecule has 0 saturated heterocycles. The first-order chi connectivity index (χ1) is 15.0. The zero-order valence-corrected chi connectivity index (χ0v) is 16.7. The molecule has 32 heavy (non-hydrogen) atoms. The van der Waals surface area contributed by atoms with Crippen LogP contribution in [0.15, 0.2) is 47.6 Å². The van der Waals surface area contributed by atoms with E-state index >= 15 is 0 Å². The van der Waals surface area contributed by atoms with Gasteiger partial charge in [0.05, 0.1) is 15.9 Å². The second kappa shape index (κ2) is 9.17. The molecule has 0 radical (unpaired) electrons. The van der Waals surface area contributed by atoms with Crippen LogP contribution in [0.2, 0.25) is 0 Å². The maximum Gasteiger partial charge on any atom is 0.573 e. The number of tetrazole rings is 1. The molecule has 1 unspecified atom stereocenters. The molecular formula is C17H12F4N6O4S. The van der Waals surface area contributed by atoms with E-state index < -0.39 is 39.7 Å². The van der Waals surface area contributed by atoms with Gasteiger partial charge in [-0.25, -0.2) is 0 Å². The number of nitrogens with zero attached hydrogens (tertiary/aromatic N) is 5. The van der Waals surface area contributed by atoms with Gasteiger partial charge < -0.3 is 10.1 Å². The number of hydrogen-bond acceptors (Lipinski definition) is 8. The number of carbonyl (C=O) groups excluding carboxylic acids is 1. The van der Waals surface area contributed by atoms with Gasteiger partial charge >= 0.3 is 12.0 Å². The topological polar surface area (TPSA) is 125 Å². The zero-order chi connectivity index (χ0) is 23.5. The molecule has 0 spiro atoms. The number of amides is 1. The van der Waals surface area contributed by atoms with Gasteiger partial charge in [-0.15, -0.1) is 18.3 Å².